The summed E-state index contributed by atoms with van der Waals surface area (Å²) in [5.74, 6) is 0.511. The van der Waals surface area contributed by atoms with E-state index in [0.717, 1.165) is 11.3 Å². The van der Waals surface area contributed by atoms with Crippen molar-refractivity contribution in [1.29, 1.82) is 0 Å². The van der Waals surface area contributed by atoms with Crippen LogP contribution in [0.4, 0.5) is 11.4 Å². The summed E-state index contributed by atoms with van der Waals surface area (Å²) >= 11 is 7.56. The van der Waals surface area contributed by atoms with Gasteiger partial charge in [0.1, 0.15) is 5.75 Å². The van der Waals surface area contributed by atoms with Crippen molar-refractivity contribution < 1.29 is 17.9 Å². The predicted molar refractivity (Wildman–Crippen MR) is 122 cm³/mol. The lowest BCUT2D eigenvalue weighted by atomic mass is 10.1. The number of nitrogens with zero attached hydrogens (tertiary/aromatic N) is 1. The molecule has 0 saturated carbocycles. The Bertz CT molecular complexity index is 1150. The maximum Gasteiger partial charge on any atom is 0.255 e. The molecule has 2 aliphatic heterocycles. The zero-order valence-electron chi connectivity index (χ0n) is 16.3. The minimum Gasteiger partial charge on any atom is -0.495 e. The van der Waals surface area contributed by atoms with Crippen LogP contribution in [0, 0.1) is 6.92 Å². The molecule has 0 radical (unpaired) electrons. The van der Waals surface area contributed by atoms with Crippen LogP contribution < -0.4 is 15.4 Å². The fourth-order valence-corrected chi connectivity index (χ4v) is 7.30. The van der Waals surface area contributed by atoms with E-state index in [1.807, 2.05) is 13.0 Å². The minimum absolute atomic E-state index is 0.0379. The van der Waals surface area contributed by atoms with Crippen molar-refractivity contribution in [3.8, 4) is 5.75 Å². The van der Waals surface area contributed by atoms with Gasteiger partial charge in [0.05, 0.1) is 29.7 Å². The quantitative estimate of drug-likeness (QED) is 0.716. The summed E-state index contributed by atoms with van der Waals surface area (Å²) in [6.45, 7) is 1.93. The standard InChI is InChI=1S/C20H20ClN3O4S2/c1-11-3-4-12(19(25)22-13-5-6-17(28-2)14(21)8-13)7-15(11)23-20-24-16-9-30(26,27)10-18(16)29-20/h3-8,16,18H,9-10H2,1-2H3,(H,22,25)(H,23,24). The van der Waals surface area contributed by atoms with Crippen molar-refractivity contribution in [1.82, 2.24) is 0 Å². The Morgan fingerprint density at radius 2 is 2.03 bits per heavy atom. The van der Waals surface area contributed by atoms with E-state index in [1.165, 1.54) is 18.9 Å². The van der Waals surface area contributed by atoms with E-state index in [1.54, 1.807) is 30.3 Å². The molecular weight excluding hydrogens is 446 g/mol. The van der Waals surface area contributed by atoms with Gasteiger partial charge in [-0.2, -0.15) is 0 Å². The molecule has 2 N–H and O–H groups in total. The zero-order valence-corrected chi connectivity index (χ0v) is 18.7. The first-order valence-electron chi connectivity index (χ1n) is 9.21. The Labute approximate surface area is 184 Å². The fourth-order valence-electron chi connectivity index (χ4n) is 3.38. The molecule has 2 atom stereocenters. The zero-order chi connectivity index (χ0) is 21.5. The van der Waals surface area contributed by atoms with Gasteiger partial charge in [0.15, 0.2) is 15.0 Å². The lowest BCUT2D eigenvalue weighted by Crippen LogP contribution is -2.14. The summed E-state index contributed by atoms with van der Waals surface area (Å²) in [6, 6.07) is 10.2. The number of carbonyl (C=O) groups excluding carboxylic acids is 1. The molecule has 1 saturated heterocycles. The Morgan fingerprint density at radius 3 is 2.73 bits per heavy atom. The molecule has 2 aromatic rings. The van der Waals surface area contributed by atoms with Crippen molar-refractivity contribution in [3.63, 3.8) is 0 Å². The molecule has 2 aliphatic rings. The Balaban J connectivity index is 1.48. The largest absolute Gasteiger partial charge is 0.495 e. The van der Waals surface area contributed by atoms with Gasteiger partial charge in [-0.1, -0.05) is 29.4 Å². The van der Waals surface area contributed by atoms with Crippen LogP contribution >= 0.6 is 23.4 Å². The van der Waals surface area contributed by atoms with Crippen molar-refractivity contribution in [3.05, 3.63) is 52.5 Å². The monoisotopic (exact) mass is 465 g/mol. The Hall–Kier alpha value is -2.23. The van der Waals surface area contributed by atoms with Crippen LogP contribution in [0.25, 0.3) is 0 Å². The molecule has 4 rings (SSSR count). The van der Waals surface area contributed by atoms with Crippen LogP contribution in [-0.2, 0) is 9.84 Å². The highest BCUT2D eigenvalue weighted by molar-refractivity contribution is 8.15. The number of amidine groups is 1. The number of halogens is 1. The fraction of sp³-hybridized carbons (Fsp3) is 0.300. The smallest absolute Gasteiger partial charge is 0.255 e. The number of amides is 1. The second kappa shape index (κ2) is 8.13. The summed E-state index contributed by atoms with van der Waals surface area (Å²) in [5, 5.41) is 7.12. The number of aliphatic imine (C=N–C) groups is 1. The van der Waals surface area contributed by atoms with Gasteiger partial charge in [0.2, 0.25) is 0 Å². The van der Waals surface area contributed by atoms with Crippen LogP contribution in [-0.4, -0.2) is 49.4 Å². The summed E-state index contributed by atoms with van der Waals surface area (Å²) in [5.41, 5.74) is 2.74. The average molecular weight is 466 g/mol. The van der Waals surface area contributed by atoms with Crippen molar-refractivity contribution >= 4 is 55.6 Å². The number of ether oxygens (including phenoxy) is 1. The van der Waals surface area contributed by atoms with Gasteiger partial charge in [-0.05, 0) is 42.8 Å². The number of carbonyl (C=O) groups is 1. The van der Waals surface area contributed by atoms with Gasteiger partial charge >= 0.3 is 0 Å². The van der Waals surface area contributed by atoms with E-state index in [2.05, 4.69) is 15.6 Å². The number of aryl methyl sites for hydroxylation is 1. The second-order valence-corrected chi connectivity index (χ2v) is 11.0. The van der Waals surface area contributed by atoms with Gasteiger partial charge in [0.25, 0.3) is 5.91 Å². The van der Waals surface area contributed by atoms with E-state index in [0.29, 0.717) is 27.2 Å². The number of benzene rings is 2. The molecule has 2 heterocycles. The first kappa shape index (κ1) is 21.0. The number of sulfone groups is 1. The van der Waals surface area contributed by atoms with E-state index in [4.69, 9.17) is 16.3 Å². The SMILES string of the molecule is COc1ccc(NC(=O)c2ccc(C)c(NC3=NC4CS(=O)(=O)CC4S3)c2)cc1Cl. The van der Waals surface area contributed by atoms with Crippen molar-refractivity contribution in [2.24, 2.45) is 4.99 Å². The summed E-state index contributed by atoms with van der Waals surface area (Å²) in [4.78, 5) is 17.2. The molecule has 0 aromatic heterocycles. The number of anilines is 2. The number of nitrogens with one attached hydrogen (secondary N) is 2. The number of rotatable bonds is 4. The molecule has 0 spiro atoms. The van der Waals surface area contributed by atoms with Crippen molar-refractivity contribution in [2.75, 3.05) is 29.2 Å². The lowest BCUT2D eigenvalue weighted by molar-refractivity contribution is 0.102. The third-order valence-electron chi connectivity index (χ3n) is 4.97. The van der Waals surface area contributed by atoms with E-state index < -0.39 is 9.84 Å². The Morgan fingerprint density at radius 1 is 1.23 bits per heavy atom. The summed E-state index contributed by atoms with van der Waals surface area (Å²) < 4.78 is 28.6. The number of methoxy groups -OCH3 is 1. The van der Waals surface area contributed by atoms with Gasteiger partial charge in [0, 0.05) is 22.2 Å². The number of thioether (sulfide) groups is 1. The predicted octanol–water partition coefficient (Wildman–Crippen LogP) is 3.59. The van der Waals surface area contributed by atoms with Crippen molar-refractivity contribution in [2.45, 2.75) is 18.2 Å². The molecule has 1 amide bonds. The molecule has 2 aromatic carbocycles. The first-order valence-corrected chi connectivity index (χ1v) is 12.3. The molecule has 7 nitrogen and oxygen atoms in total. The third-order valence-corrected chi connectivity index (χ3v) is 8.41. The third kappa shape index (κ3) is 4.43. The van der Waals surface area contributed by atoms with Crippen LogP contribution in [0.15, 0.2) is 41.4 Å². The highest BCUT2D eigenvalue weighted by Crippen LogP contribution is 2.35. The molecule has 0 bridgehead atoms. The Kier molecular flexibility index (Phi) is 5.69. The highest BCUT2D eigenvalue weighted by atomic mass is 35.5. The van der Waals surface area contributed by atoms with Gasteiger partial charge < -0.3 is 15.4 Å². The molecule has 0 aliphatic carbocycles. The highest BCUT2D eigenvalue weighted by Gasteiger charge is 2.42. The number of fused-ring (bicyclic) bond motifs is 1. The maximum absolute atomic E-state index is 12.7. The van der Waals surface area contributed by atoms with Gasteiger partial charge in [-0.3, -0.25) is 9.79 Å². The van der Waals surface area contributed by atoms with Crippen LogP contribution in [0.1, 0.15) is 15.9 Å². The normalized spacial score (nSPS) is 21.6. The molecular formula is C20H20ClN3O4S2. The minimum atomic E-state index is -2.99. The molecule has 2 unspecified atom stereocenters. The number of hydrogen-bond donors (Lipinski definition) is 2. The lowest BCUT2D eigenvalue weighted by Gasteiger charge is -2.12. The van der Waals surface area contributed by atoms with Crippen LogP contribution in [0.2, 0.25) is 5.02 Å². The van der Waals surface area contributed by atoms with E-state index >= 15 is 0 Å². The average Bonchev–Trinajstić information content (AvgIpc) is 3.16. The molecule has 158 valence electrons. The van der Waals surface area contributed by atoms with E-state index in [-0.39, 0.29) is 28.7 Å². The molecule has 1 fully saturated rings. The summed E-state index contributed by atoms with van der Waals surface area (Å²) in [6.07, 6.45) is 0. The van der Waals surface area contributed by atoms with Crippen LogP contribution in [0.5, 0.6) is 5.75 Å². The topological polar surface area (TPSA) is 96.9 Å². The van der Waals surface area contributed by atoms with Crippen LogP contribution in [0.3, 0.4) is 0 Å². The van der Waals surface area contributed by atoms with Gasteiger partial charge in [-0.15, -0.1) is 0 Å². The first-order chi connectivity index (χ1) is 14.2. The molecule has 30 heavy (non-hydrogen) atoms. The van der Waals surface area contributed by atoms with Gasteiger partial charge in [-0.25, -0.2) is 8.42 Å². The maximum atomic E-state index is 12.7. The molecule has 10 heteroatoms. The second-order valence-electron chi connectivity index (χ2n) is 7.19. The summed E-state index contributed by atoms with van der Waals surface area (Å²) in [7, 11) is -1.46. The number of hydrogen-bond acceptors (Lipinski definition) is 7. The van der Waals surface area contributed by atoms with E-state index in [9.17, 15) is 13.2 Å².